The molecule has 0 spiro atoms. The largest absolute Gasteiger partial charge is 0.490 e. The minimum absolute atomic E-state index is 0.187. The van der Waals surface area contributed by atoms with E-state index in [1.54, 1.807) is 18.2 Å². The van der Waals surface area contributed by atoms with Crippen LogP contribution >= 0.6 is 11.3 Å². The van der Waals surface area contributed by atoms with Crippen molar-refractivity contribution in [1.82, 2.24) is 4.98 Å². The summed E-state index contributed by atoms with van der Waals surface area (Å²) in [5, 5.41) is 2.20. The first-order chi connectivity index (χ1) is 13.3. The van der Waals surface area contributed by atoms with Gasteiger partial charge in [-0.2, -0.15) is 0 Å². The molecule has 1 aliphatic heterocycles. The lowest BCUT2D eigenvalue weighted by atomic mass is 10.1. The number of aryl methyl sites for hydroxylation is 2. The zero-order valence-corrected chi connectivity index (χ0v) is 17.5. The van der Waals surface area contributed by atoms with Crippen LogP contribution in [0, 0.1) is 13.8 Å². The predicted octanol–water partition coefficient (Wildman–Crippen LogP) is 4.06. The number of ether oxygens (including phenoxy) is 1. The van der Waals surface area contributed by atoms with Crippen LogP contribution in [-0.4, -0.2) is 33.6 Å². The summed E-state index contributed by atoms with van der Waals surface area (Å²) in [5.41, 5.74) is 4.88. The Labute approximate surface area is 168 Å². The van der Waals surface area contributed by atoms with Crippen LogP contribution in [0.1, 0.15) is 11.1 Å². The Morgan fingerprint density at radius 1 is 1.14 bits per heavy atom. The molecule has 0 amide bonds. The fourth-order valence-corrected chi connectivity index (χ4v) is 5.02. The van der Waals surface area contributed by atoms with Gasteiger partial charge in [-0.1, -0.05) is 12.1 Å². The summed E-state index contributed by atoms with van der Waals surface area (Å²) in [5.74, 6) is 0.693. The summed E-state index contributed by atoms with van der Waals surface area (Å²) in [6.45, 7) is 5.41. The van der Waals surface area contributed by atoms with Crippen molar-refractivity contribution in [1.29, 1.82) is 0 Å². The molecular formula is C20H21N3O3S2. The number of thiazole rings is 1. The highest BCUT2D eigenvalue weighted by Gasteiger charge is 2.22. The van der Waals surface area contributed by atoms with Crippen LogP contribution < -0.4 is 14.4 Å². The summed E-state index contributed by atoms with van der Waals surface area (Å²) >= 11 is 1.27. The molecule has 0 radical (unpaired) electrons. The first-order valence-electron chi connectivity index (χ1n) is 8.87. The van der Waals surface area contributed by atoms with Crippen molar-refractivity contribution in [3.8, 4) is 17.0 Å². The molecule has 0 fully saturated rings. The third-order valence-corrected chi connectivity index (χ3v) is 7.09. The standard InChI is InChI=1S/C20H21N3O3S2/c1-13-4-5-15(10-14(13)2)17-12-27-20(21-17)22-28(24,25)16-6-7-19-18(11-16)23(3)8-9-26-19/h4-7,10-12H,8-9H2,1-3H3,(H,21,22). The van der Waals surface area contributed by atoms with Gasteiger partial charge in [0.25, 0.3) is 10.0 Å². The number of nitrogens with one attached hydrogen (secondary N) is 1. The minimum atomic E-state index is -3.74. The number of aromatic nitrogens is 1. The van der Waals surface area contributed by atoms with Gasteiger partial charge in [0.1, 0.15) is 12.4 Å². The van der Waals surface area contributed by atoms with E-state index in [4.69, 9.17) is 4.74 Å². The number of hydrogen-bond acceptors (Lipinski definition) is 6. The number of fused-ring (bicyclic) bond motifs is 1. The lowest BCUT2D eigenvalue weighted by Gasteiger charge is -2.27. The fraction of sp³-hybridized carbons (Fsp3) is 0.250. The second kappa shape index (κ2) is 7.10. The number of nitrogens with zero attached hydrogens (tertiary/aromatic N) is 2. The lowest BCUT2D eigenvalue weighted by molar-refractivity contribution is 0.311. The Morgan fingerprint density at radius 3 is 2.75 bits per heavy atom. The van der Waals surface area contributed by atoms with Crippen molar-refractivity contribution >= 4 is 32.2 Å². The molecule has 1 aromatic heterocycles. The molecule has 0 saturated carbocycles. The highest BCUT2D eigenvalue weighted by Crippen LogP contribution is 2.34. The molecule has 0 bridgehead atoms. The molecule has 3 aromatic rings. The number of hydrogen-bond donors (Lipinski definition) is 1. The number of benzene rings is 2. The Balaban J connectivity index is 1.60. The molecule has 28 heavy (non-hydrogen) atoms. The molecule has 2 aromatic carbocycles. The molecule has 0 atom stereocenters. The maximum atomic E-state index is 12.8. The van der Waals surface area contributed by atoms with Crippen molar-refractivity contribution in [2.75, 3.05) is 29.8 Å². The summed E-state index contributed by atoms with van der Waals surface area (Å²) in [4.78, 5) is 6.63. The Bertz CT molecular complexity index is 1140. The van der Waals surface area contributed by atoms with E-state index in [1.165, 1.54) is 22.5 Å². The molecule has 4 rings (SSSR count). The summed E-state index contributed by atoms with van der Waals surface area (Å²) < 4.78 is 33.8. The van der Waals surface area contributed by atoms with Crippen molar-refractivity contribution < 1.29 is 13.2 Å². The second-order valence-corrected chi connectivity index (χ2v) is 9.38. The number of likely N-dealkylation sites (N-methyl/N-ethyl adjacent to an activating group) is 1. The van der Waals surface area contributed by atoms with E-state index < -0.39 is 10.0 Å². The maximum absolute atomic E-state index is 12.8. The van der Waals surface area contributed by atoms with Crippen LogP contribution in [0.5, 0.6) is 5.75 Å². The highest BCUT2D eigenvalue weighted by atomic mass is 32.2. The molecule has 6 nitrogen and oxygen atoms in total. The minimum Gasteiger partial charge on any atom is -0.490 e. The predicted molar refractivity (Wildman–Crippen MR) is 113 cm³/mol. The van der Waals surface area contributed by atoms with Crippen LogP contribution in [0.15, 0.2) is 46.7 Å². The van der Waals surface area contributed by atoms with Crippen LogP contribution in [0.2, 0.25) is 0 Å². The second-order valence-electron chi connectivity index (χ2n) is 6.84. The van der Waals surface area contributed by atoms with E-state index in [-0.39, 0.29) is 4.90 Å². The molecule has 146 valence electrons. The van der Waals surface area contributed by atoms with E-state index in [2.05, 4.69) is 22.7 Å². The molecule has 2 heterocycles. The van der Waals surface area contributed by atoms with E-state index in [0.717, 1.165) is 23.5 Å². The van der Waals surface area contributed by atoms with Crippen molar-refractivity contribution in [2.24, 2.45) is 0 Å². The molecule has 0 unspecified atom stereocenters. The van der Waals surface area contributed by atoms with E-state index in [0.29, 0.717) is 17.5 Å². The van der Waals surface area contributed by atoms with Crippen LogP contribution in [0.3, 0.4) is 0 Å². The fourth-order valence-electron chi connectivity index (χ4n) is 3.03. The van der Waals surface area contributed by atoms with Gasteiger partial charge >= 0.3 is 0 Å². The highest BCUT2D eigenvalue weighted by molar-refractivity contribution is 7.93. The van der Waals surface area contributed by atoms with Crippen LogP contribution in [0.4, 0.5) is 10.8 Å². The smallest absolute Gasteiger partial charge is 0.263 e. The van der Waals surface area contributed by atoms with Crippen molar-refractivity contribution in [3.05, 3.63) is 52.9 Å². The van der Waals surface area contributed by atoms with Gasteiger partial charge in [-0.25, -0.2) is 13.4 Å². The molecular weight excluding hydrogens is 394 g/mol. The first kappa shape index (κ1) is 18.8. The zero-order valence-electron chi connectivity index (χ0n) is 15.9. The molecule has 0 aliphatic carbocycles. The quantitative estimate of drug-likeness (QED) is 0.696. The zero-order chi connectivity index (χ0) is 19.9. The van der Waals surface area contributed by atoms with Gasteiger partial charge in [0.2, 0.25) is 0 Å². The molecule has 1 aliphatic rings. The normalized spacial score (nSPS) is 13.8. The Kier molecular flexibility index (Phi) is 4.76. The van der Waals surface area contributed by atoms with E-state index in [1.807, 2.05) is 36.4 Å². The van der Waals surface area contributed by atoms with Gasteiger partial charge in [0.05, 0.1) is 22.8 Å². The molecule has 0 saturated heterocycles. The summed E-state index contributed by atoms with van der Waals surface area (Å²) in [6.07, 6.45) is 0. The van der Waals surface area contributed by atoms with Crippen molar-refractivity contribution in [3.63, 3.8) is 0 Å². The van der Waals surface area contributed by atoms with Gasteiger partial charge in [-0.05, 0) is 49.2 Å². The third kappa shape index (κ3) is 3.57. The van der Waals surface area contributed by atoms with Gasteiger partial charge in [0, 0.05) is 18.0 Å². The number of rotatable bonds is 4. The topological polar surface area (TPSA) is 71.5 Å². The third-order valence-electron chi connectivity index (χ3n) is 4.86. The average Bonchev–Trinajstić information content (AvgIpc) is 3.12. The summed E-state index contributed by atoms with van der Waals surface area (Å²) in [7, 11) is -1.82. The maximum Gasteiger partial charge on any atom is 0.263 e. The Morgan fingerprint density at radius 2 is 1.96 bits per heavy atom. The van der Waals surface area contributed by atoms with E-state index in [9.17, 15) is 8.42 Å². The first-order valence-corrected chi connectivity index (χ1v) is 11.2. The SMILES string of the molecule is Cc1ccc(-c2csc(NS(=O)(=O)c3ccc4c(c3)N(C)CCO4)n2)cc1C. The number of sulfonamides is 1. The lowest BCUT2D eigenvalue weighted by Crippen LogP contribution is -2.29. The van der Waals surface area contributed by atoms with Crippen molar-refractivity contribution in [2.45, 2.75) is 18.7 Å². The molecule has 1 N–H and O–H groups in total. The Hall–Kier alpha value is -2.58. The summed E-state index contributed by atoms with van der Waals surface area (Å²) in [6, 6.07) is 11.0. The van der Waals surface area contributed by atoms with Gasteiger partial charge in [0.15, 0.2) is 5.13 Å². The van der Waals surface area contributed by atoms with Crippen LogP contribution in [-0.2, 0) is 10.0 Å². The monoisotopic (exact) mass is 415 g/mol. The number of anilines is 2. The van der Waals surface area contributed by atoms with E-state index >= 15 is 0 Å². The van der Waals surface area contributed by atoms with Gasteiger partial charge < -0.3 is 9.64 Å². The van der Waals surface area contributed by atoms with Crippen LogP contribution in [0.25, 0.3) is 11.3 Å². The molecule has 8 heteroatoms. The van der Waals surface area contributed by atoms with Gasteiger partial charge in [-0.15, -0.1) is 11.3 Å². The van der Waals surface area contributed by atoms with Gasteiger partial charge in [-0.3, -0.25) is 4.72 Å². The average molecular weight is 416 g/mol.